The Kier molecular flexibility index (Phi) is 1.82. The summed E-state index contributed by atoms with van der Waals surface area (Å²) in [5, 5.41) is 0. The maximum absolute atomic E-state index is 11.6. The summed E-state index contributed by atoms with van der Waals surface area (Å²) in [6.45, 7) is 0.143. The third-order valence-electron chi connectivity index (χ3n) is 2.39. The zero-order valence-corrected chi connectivity index (χ0v) is 8.44. The van der Waals surface area contributed by atoms with Crippen LogP contribution in [0.25, 0.3) is 0 Å². The molecule has 0 saturated carbocycles. The van der Waals surface area contributed by atoms with Crippen molar-refractivity contribution in [3.8, 4) is 23.0 Å². The summed E-state index contributed by atoms with van der Waals surface area (Å²) in [6, 6.07) is 1.64. The Morgan fingerprint density at radius 2 is 1.69 bits per heavy atom. The average molecular weight is 224 g/mol. The Morgan fingerprint density at radius 3 is 2.19 bits per heavy atom. The molecule has 0 bridgehead atoms. The highest BCUT2D eigenvalue weighted by Gasteiger charge is 2.33. The summed E-state index contributed by atoms with van der Waals surface area (Å²) < 4.78 is 25.5. The van der Waals surface area contributed by atoms with E-state index in [9.17, 15) is 4.79 Å². The molecule has 0 amide bonds. The van der Waals surface area contributed by atoms with Crippen LogP contribution in [0.4, 0.5) is 0 Å². The molecule has 2 aliphatic rings. The number of carbonyl (C=O) groups excluding carboxylic acids is 1. The van der Waals surface area contributed by atoms with E-state index < -0.39 is 5.97 Å². The summed E-state index contributed by atoms with van der Waals surface area (Å²) in [6.07, 6.45) is 0. The first-order chi connectivity index (χ1) is 7.81. The summed E-state index contributed by atoms with van der Waals surface area (Å²) in [5.74, 6) is 1.07. The van der Waals surface area contributed by atoms with Crippen LogP contribution in [0.15, 0.2) is 6.07 Å². The van der Waals surface area contributed by atoms with Gasteiger partial charge in [0.1, 0.15) is 0 Å². The summed E-state index contributed by atoms with van der Waals surface area (Å²) in [5.41, 5.74) is 0.213. The van der Waals surface area contributed by atoms with Crippen molar-refractivity contribution in [1.82, 2.24) is 0 Å². The van der Waals surface area contributed by atoms with Crippen LogP contribution in [0.5, 0.6) is 23.0 Å². The second-order valence-corrected chi connectivity index (χ2v) is 3.21. The zero-order valence-electron chi connectivity index (χ0n) is 8.44. The summed E-state index contributed by atoms with van der Waals surface area (Å²) in [4.78, 5) is 11.6. The molecule has 1 aromatic rings. The number of ether oxygens (including phenoxy) is 5. The fourth-order valence-corrected chi connectivity index (χ4v) is 1.69. The minimum atomic E-state index is -0.538. The molecule has 0 unspecified atom stereocenters. The molecule has 0 fully saturated rings. The monoisotopic (exact) mass is 224 g/mol. The fraction of sp³-hybridized carbons (Fsp3) is 0.300. The third kappa shape index (κ3) is 1.09. The number of benzene rings is 1. The van der Waals surface area contributed by atoms with Crippen LogP contribution in [0.1, 0.15) is 10.4 Å². The van der Waals surface area contributed by atoms with Crippen molar-refractivity contribution in [3.05, 3.63) is 11.6 Å². The van der Waals surface area contributed by atoms with Gasteiger partial charge in [-0.1, -0.05) is 0 Å². The quantitative estimate of drug-likeness (QED) is 0.661. The molecule has 0 aromatic heterocycles. The van der Waals surface area contributed by atoms with Gasteiger partial charge in [0, 0.05) is 6.07 Å². The van der Waals surface area contributed by atoms with Crippen molar-refractivity contribution in [2.24, 2.45) is 0 Å². The van der Waals surface area contributed by atoms with E-state index in [0.717, 1.165) is 0 Å². The molecule has 1 aromatic carbocycles. The van der Waals surface area contributed by atoms with Gasteiger partial charge in [0.15, 0.2) is 28.6 Å². The molecular formula is C10H8O6. The number of hydrogen-bond acceptors (Lipinski definition) is 6. The van der Waals surface area contributed by atoms with Crippen molar-refractivity contribution in [2.45, 2.75) is 0 Å². The number of carbonyl (C=O) groups is 1. The zero-order chi connectivity index (χ0) is 11.1. The molecular weight excluding hydrogens is 216 g/mol. The van der Waals surface area contributed by atoms with Crippen LogP contribution in [-0.4, -0.2) is 26.7 Å². The number of hydrogen-bond donors (Lipinski definition) is 0. The molecule has 0 saturated heterocycles. The first-order valence-electron chi connectivity index (χ1n) is 4.62. The van der Waals surface area contributed by atoms with Crippen LogP contribution < -0.4 is 18.9 Å². The van der Waals surface area contributed by atoms with E-state index in [1.807, 2.05) is 0 Å². The second kappa shape index (κ2) is 3.19. The first kappa shape index (κ1) is 9.14. The van der Waals surface area contributed by atoms with Gasteiger partial charge in [0.25, 0.3) is 0 Å². The third-order valence-corrected chi connectivity index (χ3v) is 2.39. The number of rotatable bonds is 1. The van der Waals surface area contributed by atoms with Crippen LogP contribution in [0.2, 0.25) is 0 Å². The Hall–Kier alpha value is -2.11. The van der Waals surface area contributed by atoms with Crippen molar-refractivity contribution in [3.63, 3.8) is 0 Å². The van der Waals surface area contributed by atoms with Crippen molar-refractivity contribution < 1.29 is 28.5 Å². The lowest BCUT2D eigenvalue weighted by atomic mass is 10.1. The Balaban J connectivity index is 2.23. The molecule has 0 spiro atoms. The lowest BCUT2D eigenvalue weighted by molar-refractivity contribution is 0.0591. The molecule has 16 heavy (non-hydrogen) atoms. The second-order valence-electron chi connectivity index (χ2n) is 3.21. The highest BCUT2D eigenvalue weighted by Crippen LogP contribution is 2.48. The van der Waals surface area contributed by atoms with Crippen LogP contribution in [-0.2, 0) is 4.74 Å². The summed E-state index contributed by atoms with van der Waals surface area (Å²) in [7, 11) is 1.29. The van der Waals surface area contributed by atoms with E-state index >= 15 is 0 Å². The van der Waals surface area contributed by atoms with Gasteiger partial charge in [-0.15, -0.1) is 0 Å². The van der Waals surface area contributed by atoms with Crippen LogP contribution in [0.3, 0.4) is 0 Å². The van der Waals surface area contributed by atoms with E-state index in [-0.39, 0.29) is 19.1 Å². The smallest absolute Gasteiger partial charge is 0.345 e. The normalized spacial score (nSPS) is 15.1. The highest BCUT2D eigenvalue weighted by molar-refractivity contribution is 5.98. The molecule has 0 aliphatic carbocycles. The van der Waals surface area contributed by atoms with Crippen molar-refractivity contribution in [1.29, 1.82) is 0 Å². The average Bonchev–Trinajstić information content (AvgIpc) is 2.91. The number of esters is 1. The highest BCUT2D eigenvalue weighted by atomic mass is 16.7. The van der Waals surface area contributed by atoms with E-state index in [1.54, 1.807) is 6.07 Å². The van der Waals surface area contributed by atoms with Gasteiger partial charge < -0.3 is 23.7 Å². The van der Waals surface area contributed by atoms with Gasteiger partial charge in [-0.2, -0.15) is 0 Å². The molecule has 84 valence electrons. The van der Waals surface area contributed by atoms with Crippen molar-refractivity contribution >= 4 is 5.97 Å². The van der Waals surface area contributed by atoms with Gasteiger partial charge >= 0.3 is 5.97 Å². The number of fused-ring (bicyclic) bond motifs is 2. The van der Waals surface area contributed by atoms with Crippen molar-refractivity contribution in [2.75, 3.05) is 20.7 Å². The molecule has 0 N–H and O–H groups in total. The van der Waals surface area contributed by atoms with Gasteiger partial charge in [0.05, 0.1) is 7.11 Å². The van der Waals surface area contributed by atoms with E-state index in [4.69, 9.17) is 18.9 Å². The van der Waals surface area contributed by atoms with E-state index in [0.29, 0.717) is 23.0 Å². The largest absolute Gasteiger partial charge is 0.465 e. The van der Waals surface area contributed by atoms with Gasteiger partial charge in [-0.25, -0.2) is 4.79 Å². The van der Waals surface area contributed by atoms with Crippen LogP contribution in [0, 0.1) is 0 Å². The van der Waals surface area contributed by atoms with Gasteiger partial charge in [-0.3, -0.25) is 0 Å². The predicted molar refractivity (Wildman–Crippen MR) is 50.0 cm³/mol. The van der Waals surface area contributed by atoms with E-state index in [2.05, 4.69) is 4.74 Å². The number of methoxy groups -OCH3 is 1. The SMILES string of the molecule is COC(=O)c1c2c(cc3c1OCO3)OCO2. The minimum absolute atomic E-state index is 0.0716. The predicted octanol–water partition coefficient (Wildman–Crippen LogP) is 0.931. The molecule has 2 aliphatic heterocycles. The first-order valence-corrected chi connectivity index (χ1v) is 4.62. The van der Waals surface area contributed by atoms with Crippen LogP contribution >= 0.6 is 0 Å². The van der Waals surface area contributed by atoms with Gasteiger partial charge in [-0.05, 0) is 0 Å². The fourth-order valence-electron chi connectivity index (χ4n) is 1.69. The lowest BCUT2D eigenvalue weighted by Crippen LogP contribution is -2.05. The molecule has 0 radical (unpaired) electrons. The Morgan fingerprint density at radius 1 is 1.12 bits per heavy atom. The van der Waals surface area contributed by atoms with Gasteiger partial charge in [0.2, 0.25) is 13.6 Å². The Labute approximate surface area is 90.6 Å². The molecule has 6 nitrogen and oxygen atoms in total. The molecule has 6 heteroatoms. The minimum Gasteiger partial charge on any atom is -0.465 e. The van der Waals surface area contributed by atoms with E-state index in [1.165, 1.54) is 7.11 Å². The standard InChI is InChI=1S/C10H8O6/c1-12-10(11)7-8-5(13-3-15-8)2-6-9(7)16-4-14-6/h2H,3-4H2,1H3. The maximum atomic E-state index is 11.6. The molecule has 2 heterocycles. The lowest BCUT2D eigenvalue weighted by Gasteiger charge is -2.07. The Bertz CT molecular complexity index is 435. The topological polar surface area (TPSA) is 63.2 Å². The summed E-state index contributed by atoms with van der Waals surface area (Å²) >= 11 is 0. The molecule has 0 atom stereocenters. The molecule has 3 rings (SSSR count). The maximum Gasteiger partial charge on any atom is 0.345 e.